The lowest BCUT2D eigenvalue weighted by molar-refractivity contribution is 0.0725. The zero-order valence-corrected chi connectivity index (χ0v) is 12.4. The van der Waals surface area contributed by atoms with Crippen LogP contribution in [-0.2, 0) is 0 Å². The van der Waals surface area contributed by atoms with Crippen molar-refractivity contribution in [1.82, 2.24) is 5.01 Å². The predicted octanol–water partition coefficient (Wildman–Crippen LogP) is 3.10. The maximum atomic E-state index is 9.23. The van der Waals surface area contributed by atoms with Crippen LogP contribution in [0.3, 0.4) is 0 Å². The highest BCUT2D eigenvalue weighted by molar-refractivity contribution is 9.11. The largest absolute Gasteiger partial charge is 0.375 e. The lowest BCUT2D eigenvalue weighted by Gasteiger charge is -2.27. The third-order valence-electron chi connectivity index (χ3n) is 2.23. The molecular formula is C10H8Br2ClN3O. The zero-order chi connectivity index (χ0) is 12.4. The summed E-state index contributed by atoms with van der Waals surface area (Å²) in [6, 6.07) is 5.71. The van der Waals surface area contributed by atoms with Gasteiger partial charge in [0, 0.05) is 14.5 Å². The molecule has 0 radical (unpaired) electrons. The van der Waals surface area contributed by atoms with E-state index in [1.807, 2.05) is 18.2 Å². The van der Waals surface area contributed by atoms with Gasteiger partial charge >= 0.3 is 0 Å². The molecular weight excluding hydrogens is 373 g/mol. The number of aliphatic hydroxyl groups excluding tert-OH is 1. The van der Waals surface area contributed by atoms with Crippen LogP contribution in [0.5, 0.6) is 0 Å². The van der Waals surface area contributed by atoms with Crippen molar-refractivity contribution in [2.75, 3.05) is 6.73 Å². The molecule has 7 heteroatoms. The van der Waals surface area contributed by atoms with E-state index in [4.69, 9.17) is 11.6 Å². The second-order valence-electron chi connectivity index (χ2n) is 3.32. The molecule has 1 aromatic rings. The van der Waals surface area contributed by atoms with Crippen LogP contribution in [0.25, 0.3) is 0 Å². The SMILES string of the molecule is OCN1N=CC(Cl)=N[C@@H]1c1ccc(Br)cc1Br. The minimum Gasteiger partial charge on any atom is -0.375 e. The second kappa shape index (κ2) is 5.48. The zero-order valence-electron chi connectivity index (χ0n) is 8.52. The first-order valence-corrected chi connectivity index (χ1v) is 6.68. The summed E-state index contributed by atoms with van der Waals surface area (Å²) in [5.41, 5.74) is 0.886. The monoisotopic (exact) mass is 379 g/mol. The molecule has 0 saturated carbocycles. The molecule has 0 spiro atoms. The molecule has 90 valence electrons. The Bertz CT molecular complexity index is 492. The summed E-state index contributed by atoms with van der Waals surface area (Å²) in [5.74, 6) is 0. The van der Waals surface area contributed by atoms with Crippen LogP contribution < -0.4 is 0 Å². The summed E-state index contributed by atoms with van der Waals surface area (Å²) in [7, 11) is 0. The van der Waals surface area contributed by atoms with Crippen molar-refractivity contribution in [2.45, 2.75) is 6.17 Å². The molecule has 1 N–H and O–H groups in total. The van der Waals surface area contributed by atoms with Gasteiger partial charge in [-0.2, -0.15) is 5.10 Å². The number of hydrogen-bond acceptors (Lipinski definition) is 4. The van der Waals surface area contributed by atoms with Gasteiger partial charge in [0.25, 0.3) is 0 Å². The Morgan fingerprint density at radius 1 is 1.41 bits per heavy atom. The summed E-state index contributed by atoms with van der Waals surface area (Å²) >= 11 is 12.7. The Morgan fingerprint density at radius 3 is 2.82 bits per heavy atom. The van der Waals surface area contributed by atoms with Crippen LogP contribution in [0, 0.1) is 0 Å². The lowest BCUT2D eigenvalue weighted by atomic mass is 10.1. The molecule has 1 aliphatic rings. The van der Waals surface area contributed by atoms with Crippen molar-refractivity contribution in [2.24, 2.45) is 10.1 Å². The van der Waals surface area contributed by atoms with E-state index in [-0.39, 0.29) is 6.73 Å². The Kier molecular flexibility index (Phi) is 4.19. The Labute approximate surface area is 120 Å². The van der Waals surface area contributed by atoms with Crippen molar-refractivity contribution < 1.29 is 5.11 Å². The fourth-order valence-corrected chi connectivity index (χ4v) is 2.84. The third-order valence-corrected chi connectivity index (χ3v) is 3.60. The van der Waals surface area contributed by atoms with E-state index in [0.717, 1.165) is 14.5 Å². The summed E-state index contributed by atoms with van der Waals surface area (Å²) in [4.78, 5) is 4.25. The van der Waals surface area contributed by atoms with Crippen molar-refractivity contribution in [3.8, 4) is 0 Å². The number of rotatable bonds is 2. The smallest absolute Gasteiger partial charge is 0.168 e. The maximum absolute atomic E-state index is 9.23. The van der Waals surface area contributed by atoms with Crippen LogP contribution in [0.4, 0.5) is 0 Å². The topological polar surface area (TPSA) is 48.2 Å². The van der Waals surface area contributed by atoms with Crippen LogP contribution in [0.15, 0.2) is 37.2 Å². The van der Waals surface area contributed by atoms with E-state index in [1.54, 1.807) is 0 Å². The molecule has 0 bridgehead atoms. The maximum Gasteiger partial charge on any atom is 0.168 e. The van der Waals surface area contributed by atoms with Gasteiger partial charge in [0.15, 0.2) is 6.17 Å². The molecule has 0 saturated heterocycles. The van der Waals surface area contributed by atoms with Crippen molar-refractivity contribution >= 4 is 54.8 Å². The van der Waals surface area contributed by atoms with E-state index >= 15 is 0 Å². The minimum atomic E-state index is -0.417. The van der Waals surface area contributed by atoms with Crippen molar-refractivity contribution in [3.05, 3.63) is 32.7 Å². The highest BCUT2D eigenvalue weighted by Gasteiger charge is 2.23. The molecule has 1 atom stereocenters. The average molecular weight is 381 g/mol. The van der Waals surface area contributed by atoms with Gasteiger partial charge in [-0.1, -0.05) is 49.5 Å². The van der Waals surface area contributed by atoms with Gasteiger partial charge < -0.3 is 5.11 Å². The molecule has 1 aliphatic heterocycles. The number of hydrazone groups is 1. The van der Waals surface area contributed by atoms with Gasteiger partial charge in [-0.15, -0.1) is 0 Å². The normalized spacial score (nSPS) is 19.4. The molecule has 0 aromatic heterocycles. The number of aliphatic imine (C=N–C) groups is 1. The molecule has 17 heavy (non-hydrogen) atoms. The van der Waals surface area contributed by atoms with Gasteiger partial charge in [0.05, 0.1) is 6.21 Å². The minimum absolute atomic E-state index is 0.225. The van der Waals surface area contributed by atoms with Gasteiger partial charge in [-0.3, -0.25) is 0 Å². The molecule has 0 aliphatic carbocycles. The van der Waals surface area contributed by atoms with E-state index in [2.05, 4.69) is 42.0 Å². The lowest BCUT2D eigenvalue weighted by Crippen LogP contribution is -2.28. The van der Waals surface area contributed by atoms with Gasteiger partial charge in [0.1, 0.15) is 11.9 Å². The summed E-state index contributed by atoms with van der Waals surface area (Å²) in [6.07, 6.45) is 0.987. The first-order valence-electron chi connectivity index (χ1n) is 4.71. The molecule has 0 amide bonds. The van der Waals surface area contributed by atoms with Crippen LogP contribution in [-0.4, -0.2) is 28.2 Å². The molecule has 2 rings (SSSR count). The van der Waals surface area contributed by atoms with Crippen molar-refractivity contribution in [1.29, 1.82) is 0 Å². The number of benzene rings is 1. The average Bonchev–Trinajstić information content (AvgIpc) is 2.29. The molecule has 0 unspecified atom stereocenters. The standard InChI is InChI=1S/C10H8Br2ClN3O/c11-6-1-2-7(8(12)3-6)10-15-9(13)4-14-16(10)5-17/h1-4,10,17H,5H2/t10-/m0/s1. The fourth-order valence-electron chi connectivity index (χ4n) is 1.46. The molecule has 1 heterocycles. The Hall–Kier alpha value is -0.430. The summed E-state index contributed by atoms with van der Waals surface area (Å²) in [5, 5.41) is 15.0. The van der Waals surface area contributed by atoms with E-state index in [0.29, 0.717) is 5.17 Å². The Balaban J connectivity index is 2.40. The summed E-state index contributed by atoms with van der Waals surface area (Å²) < 4.78 is 1.83. The Morgan fingerprint density at radius 2 is 2.18 bits per heavy atom. The van der Waals surface area contributed by atoms with Crippen LogP contribution in [0.2, 0.25) is 0 Å². The number of halogens is 3. The fraction of sp³-hybridized carbons (Fsp3) is 0.200. The first-order chi connectivity index (χ1) is 8.11. The number of nitrogens with zero attached hydrogens (tertiary/aromatic N) is 3. The number of hydrogen-bond donors (Lipinski definition) is 1. The van der Waals surface area contributed by atoms with Crippen LogP contribution >= 0.6 is 43.5 Å². The van der Waals surface area contributed by atoms with Crippen LogP contribution in [0.1, 0.15) is 11.7 Å². The molecule has 4 nitrogen and oxygen atoms in total. The molecule has 0 fully saturated rings. The quantitative estimate of drug-likeness (QED) is 0.856. The van der Waals surface area contributed by atoms with Gasteiger partial charge in [-0.05, 0) is 12.1 Å². The second-order valence-corrected chi connectivity index (χ2v) is 5.47. The van der Waals surface area contributed by atoms with Gasteiger partial charge in [0.2, 0.25) is 0 Å². The number of aliphatic hydroxyl groups is 1. The predicted molar refractivity (Wildman–Crippen MR) is 75.3 cm³/mol. The van der Waals surface area contributed by atoms with Crippen molar-refractivity contribution in [3.63, 3.8) is 0 Å². The summed E-state index contributed by atoms with van der Waals surface area (Å²) in [6.45, 7) is -0.225. The highest BCUT2D eigenvalue weighted by Crippen LogP contribution is 2.32. The van der Waals surface area contributed by atoms with E-state index < -0.39 is 6.17 Å². The van der Waals surface area contributed by atoms with Gasteiger partial charge in [-0.25, -0.2) is 10.0 Å². The highest BCUT2D eigenvalue weighted by atomic mass is 79.9. The van der Waals surface area contributed by atoms with E-state index in [1.165, 1.54) is 11.2 Å². The third kappa shape index (κ3) is 2.88. The first kappa shape index (κ1) is 13.0. The van der Waals surface area contributed by atoms with E-state index in [9.17, 15) is 5.11 Å². The molecule has 1 aromatic carbocycles.